The lowest BCUT2D eigenvalue weighted by molar-refractivity contribution is -0.136. The summed E-state index contributed by atoms with van der Waals surface area (Å²) in [5.41, 5.74) is 2.13. The first-order valence-corrected chi connectivity index (χ1v) is 9.40. The van der Waals surface area contributed by atoms with Crippen LogP contribution in [0.25, 0.3) is 0 Å². The summed E-state index contributed by atoms with van der Waals surface area (Å²) in [6.07, 6.45) is 3.78. The highest BCUT2D eigenvalue weighted by Gasteiger charge is 2.31. The second-order valence-electron chi connectivity index (χ2n) is 6.18. The van der Waals surface area contributed by atoms with Gasteiger partial charge in [0.2, 0.25) is 5.91 Å². The summed E-state index contributed by atoms with van der Waals surface area (Å²) in [5.74, 6) is 2.32. The van der Waals surface area contributed by atoms with Gasteiger partial charge in [-0.3, -0.25) is 14.4 Å². The van der Waals surface area contributed by atoms with Crippen LogP contribution in [-0.2, 0) is 18.4 Å². The van der Waals surface area contributed by atoms with Gasteiger partial charge in [-0.25, -0.2) is 0 Å². The minimum absolute atomic E-state index is 0.150. The average molecular weight is 344 g/mol. The van der Waals surface area contributed by atoms with Crippen molar-refractivity contribution in [3.63, 3.8) is 0 Å². The van der Waals surface area contributed by atoms with E-state index in [0.717, 1.165) is 35.7 Å². The number of aryl methyl sites for hydroxylation is 1. The first-order valence-electron chi connectivity index (χ1n) is 8.24. The predicted molar refractivity (Wildman–Crippen MR) is 97.8 cm³/mol. The molecule has 2 heterocycles. The minimum atomic E-state index is -0.200. The summed E-state index contributed by atoms with van der Waals surface area (Å²) in [4.78, 5) is 17.3. The van der Waals surface area contributed by atoms with Crippen molar-refractivity contribution in [3.8, 4) is 0 Å². The molecule has 24 heavy (non-hydrogen) atoms. The molecule has 128 valence electrons. The summed E-state index contributed by atoms with van der Waals surface area (Å²) in [5, 5.41) is 4.19. The molecule has 3 rings (SSSR count). The van der Waals surface area contributed by atoms with Crippen molar-refractivity contribution in [3.05, 3.63) is 53.9 Å². The van der Waals surface area contributed by atoms with Crippen LogP contribution in [0.3, 0.4) is 0 Å². The van der Waals surface area contributed by atoms with Crippen LogP contribution in [0.15, 0.2) is 42.7 Å². The molecule has 1 fully saturated rings. The Labute approximate surface area is 147 Å². The molecule has 1 aromatic heterocycles. The molecular weight excluding hydrogens is 320 g/mol. The van der Waals surface area contributed by atoms with E-state index in [2.05, 4.69) is 22.1 Å². The largest absolute Gasteiger partial charge is 0.340 e. The second kappa shape index (κ2) is 7.85. The van der Waals surface area contributed by atoms with E-state index in [9.17, 15) is 4.79 Å². The number of benzene rings is 1. The predicted octanol–water partition coefficient (Wildman–Crippen LogP) is 2.17. The lowest BCUT2D eigenvalue weighted by atomic mass is 10.0. The Balaban J connectivity index is 1.79. The van der Waals surface area contributed by atoms with Crippen LogP contribution in [0.5, 0.6) is 0 Å². The maximum absolute atomic E-state index is 13.2. The van der Waals surface area contributed by atoms with Gasteiger partial charge >= 0.3 is 0 Å². The number of carbonyl (C=O) groups is 1. The number of hydrogen-bond donors (Lipinski definition) is 0. The van der Waals surface area contributed by atoms with E-state index in [-0.39, 0.29) is 11.9 Å². The van der Waals surface area contributed by atoms with Gasteiger partial charge in [-0.1, -0.05) is 30.3 Å². The van der Waals surface area contributed by atoms with Crippen molar-refractivity contribution >= 4 is 17.7 Å². The minimum Gasteiger partial charge on any atom is -0.340 e. The van der Waals surface area contributed by atoms with Crippen LogP contribution >= 0.6 is 11.8 Å². The zero-order chi connectivity index (χ0) is 16.9. The molecule has 1 amide bonds. The number of aromatic nitrogens is 2. The van der Waals surface area contributed by atoms with Gasteiger partial charge in [0.05, 0.1) is 6.20 Å². The first kappa shape index (κ1) is 17.0. The molecular formula is C18H24N4OS. The van der Waals surface area contributed by atoms with Gasteiger partial charge < -0.3 is 4.90 Å². The van der Waals surface area contributed by atoms with Crippen LogP contribution in [0.4, 0.5) is 0 Å². The Morgan fingerprint density at radius 2 is 2.00 bits per heavy atom. The Morgan fingerprint density at radius 1 is 1.29 bits per heavy atom. The van der Waals surface area contributed by atoms with Crippen molar-refractivity contribution < 1.29 is 4.79 Å². The fourth-order valence-corrected chi connectivity index (χ4v) is 4.03. The summed E-state index contributed by atoms with van der Waals surface area (Å²) in [7, 11) is 3.77. The fraction of sp³-hybridized carbons (Fsp3) is 0.444. The molecule has 1 atom stereocenters. The van der Waals surface area contributed by atoms with E-state index in [0.29, 0.717) is 6.54 Å². The number of hydrogen-bond acceptors (Lipinski definition) is 4. The first-order chi connectivity index (χ1) is 11.6. The average Bonchev–Trinajstić information content (AvgIpc) is 3.02. The molecule has 5 nitrogen and oxygen atoms in total. The van der Waals surface area contributed by atoms with Crippen molar-refractivity contribution in [1.82, 2.24) is 19.6 Å². The zero-order valence-corrected chi connectivity index (χ0v) is 15.1. The molecule has 1 aliphatic heterocycles. The maximum atomic E-state index is 13.2. The number of thioether (sulfide) groups is 1. The molecule has 1 aromatic carbocycles. The molecule has 6 heteroatoms. The van der Waals surface area contributed by atoms with Crippen molar-refractivity contribution in [1.29, 1.82) is 0 Å². The standard InChI is InChI=1S/C18H24N4OS/c1-20(13-15-12-19-21(2)14-15)18(23)17(16-6-4-3-5-7-16)22-8-10-24-11-9-22/h3-7,12,14,17H,8-11,13H2,1-2H3. The number of carbonyl (C=O) groups excluding carboxylic acids is 1. The van der Waals surface area contributed by atoms with Crippen LogP contribution in [0.1, 0.15) is 17.2 Å². The van der Waals surface area contributed by atoms with Crippen molar-refractivity contribution in [2.75, 3.05) is 31.6 Å². The summed E-state index contributed by atoms with van der Waals surface area (Å²) in [6, 6.07) is 9.93. The summed E-state index contributed by atoms with van der Waals surface area (Å²) >= 11 is 1.96. The number of amides is 1. The van der Waals surface area contributed by atoms with E-state index in [1.165, 1.54) is 0 Å². The van der Waals surface area contributed by atoms with Gasteiger partial charge in [-0.05, 0) is 5.56 Å². The quantitative estimate of drug-likeness (QED) is 0.834. The van der Waals surface area contributed by atoms with E-state index in [4.69, 9.17) is 0 Å². The van der Waals surface area contributed by atoms with Gasteiger partial charge in [0.1, 0.15) is 6.04 Å². The third kappa shape index (κ3) is 3.99. The molecule has 0 saturated carbocycles. The topological polar surface area (TPSA) is 41.4 Å². The van der Waals surface area contributed by atoms with Gasteiger partial charge in [0, 0.05) is 57.0 Å². The van der Waals surface area contributed by atoms with E-state index >= 15 is 0 Å². The van der Waals surface area contributed by atoms with Gasteiger partial charge in [-0.2, -0.15) is 16.9 Å². The lowest BCUT2D eigenvalue weighted by Gasteiger charge is -2.35. The molecule has 0 N–H and O–H groups in total. The maximum Gasteiger partial charge on any atom is 0.244 e. The number of rotatable bonds is 5. The summed E-state index contributed by atoms with van der Waals surface area (Å²) < 4.78 is 1.77. The van der Waals surface area contributed by atoms with Crippen LogP contribution < -0.4 is 0 Å². The highest BCUT2D eigenvalue weighted by Crippen LogP contribution is 2.26. The highest BCUT2D eigenvalue weighted by atomic mass is 32.2. The van der Waals surface area contributed by atoms with Crippen molar-refractivity contribution in [2.45, 2.75) is 12.6 Å². The molecule has 0 bridgehead atoms. The summed E-state index contributed by atoms with van der Waals surface area (Å²) in [6.45, 7) is 2.49. The van der Waals surface area contributed by atoms with Gasteiger partial charge in [0.25, 0.3) is 0 Å². The molecule has 1 aliphatic rings. The van der Waals surface area contributed by atoms with E-state index in [1.807, 2.05) is 61.3 Å². The highest BCUT2D eigenvalue weighted by molar-refractivity contribution is 7.99. The molecule has 2 aromatic rings. The van der Waals surface area contributed by atoms with Crippen LogP contribution in [-0.4, -0.2) is 57.1 Å². The van der Waals surface area contributed by atoms with Crippen molar-refractivity contribution in [2.24, 2.45) is 7.05 Å². The Kier molecular flexibility index (Phi) is 5.58. The monoisotopic (exact) mass is 344 g/mol. The van der Waals surface area contributed by atoms with Crippen LogP contribution in [0, 0.1) is 0 Å². The third-order valence-corrected chi connectivity index (χ3v) is 5.26. The molecule has 0 aliphatic carbocycles. The Morgan fingerprint density at radius 3 is 2.62 bits per heavy atom. The molecule has 1 saturated heterocycles. The SMILES string of the molecule is CN(Cc1cnn(C)c1)C(=O)C(c1ccccc1)N1CCSCC1. The number of nitrogens with zero attached hydrogens (tertiary/aromatic N) is 4. The molecule has 1 unspecified atom stereocenters. The molecule has 0 spiro atoms. The zero-order valence-electron chi connectivity index (χ0n) is 14.3. The molecule has 0 radical (unpaired) electrons. The van der Waals surface area contributed by atoms with Gasteiger partial charge in [0.15, 0.2) is 0 Å². The smallest absolute Gasteiger partial charge is 0.244 e. The van der Waals surface area contributed by atoms with E-state index in [1.54, 1.807) is 4.68 Å². The van der Waals surface area contributed by atoms with E-state index < -0.39 is 0 Å². The van der Waals surface area contributed by atoms with Crippen LogP contribution in [0.2, 0.25) is 0 Å². The normalized spacial score (nSPS) is 16.8. The second-order valence-corrected chi connectivity index (χ2v) is 7.40. The third-order valence-electron chi connectivity index (χ3n) is 4.31. The van der Waals surface area contributed by atoms with Gasteiger partial charge in [-0.15, -0.1) is 0 Å². The Bertz CT molecular complexity index is 667. The fourth-order valence-electron chi connectivity index (χ4n) is 3.09. The number of likely N-dealkylation sites (N-methyl/N-ethyl adjacent to an activating group) is 1. The lowest BCUT2D eigenvalue weighted by Crippen LogP contribution is -2.44. The Hall–Kier alpha value is -1.79.